The Balaban J connectivity index is 1.42. The average Bonchev–Trinajstić information content (AvgIpc) is 3.44. The lowest BCUT2D eigenvalue weighted by atomic mass is 10.2. The van der Waals surface area contributed by atoms with Gasteiger partial charge in [0.1, 0.15) is 18.1 Å². The number of thiophene rings is 1. The minimum atomic E-state index is -0.281. The average molecular weight is 446 g/mol. The summed E-state index contributed by atoms with van der Waals surface area (Å²) in [5.41, 5.74) is 2.93. The molecule has 148 valence electrons. The molecule has 0 fully saturated rings. The van der Waals surface area contributed by atoms with E-state index in [1.807, 2.05) is 36.7 Å². The normalized spacial score (nSPS) is 10.9. The van der Waals surface area contributed by atoms with Crippen molar-refractivity contribution < 1.29 is 14.1 Å². The highest BCUT2D eigenvalue weighted by atomic mass is 35.5. The maximum atomic E-state index is 12.5. The smallest absolute Gasteiger partial charge is 0.257 e. The predicted octanol–water partition coefficient (Wildman–Crippen LogP) is 5.96. The molecule has 4 aromatic rings. The standard InChI is InChI=1S/C20H16ClN3O3S2/c1-11-14(12(2)27-24-11)9-26-17-6-5-13(8-15(17)21)19(25)23-20-22-16(10-29-20)18-4-3-7-28-18/h3-8,10H,9H2,1-2H3,(H,22,23,25). The zero-order valence-corrected chi connectivity index (χ0v) is 18.0. The van der Waals surface area contributed by atoms with E-state index in [1.54, 1.807) is 29.5 Å². The maximum absolute atomic E-state index is 12.5. The molecule has 0 aliphatic rings. The highest BCUT2D eigenvalue weighted by molar-refractivity contribution is 7.16. The number of halogens is 1. The molecule has 4 rings (SSSR count). The number of amides is 1. The van der Waals surface area contributed by atoms with Crippen LogP contribution in [0.15, 0.2) is 45.6 Å². The molecule has 1 aromatic carbocycles. The number of benzene rings is 1. The lowest BCUT2D eigenvalue weighted by molar-refractivity contribution is 0.102. The van der Waals surface area contributed by atoms with Gasteiger partial charge in [0.05, 0.1) is 26.9 Å². The number of rotatable bonds is 6. The van der Waals surface area contributed by atoms with Gasteiger partial charge < -0.3 is 9.26 Å². The number of aromatic nitrogens is 2. The van der Waals surface area contributed by atoms with E-state index in [2.05, 4.69) is 15.5 Å². The molecule has 0 saturated heterocycles. The molecule has 0 spiro atoms. The van der Waals surface area contributed by atoms with Gasteiger partial charge in [-0.05, 0) is 43.5 Å². The SMILES string of the molecule is Cc1noc(C)c1COc1ccc(C(=O)Nc2nc(-c3cccs3)cs2)cc1Cl. The van der Waals surface area contributed by atoms with Gasteiger partial charge in [0.15, 0.2) is 5.13 Å². The third-order valence-electron chi connectivity index (χ3n) is 4.25. The summed E-state index contributed by atoms with van der Waals surface area (Å²) in [4.78, 5) is 18.1. The summed E-state index contributed by atoms with van der Waals surface area (Å²) in [5, 5.41) is 11.5. The predicted molar refractivity (Wildman–Crippen MR) is 115 cm³/mol. The van der Waals surface area contributed by atoms with Crippen LogP contribution in [0.5, 0.6) is 5.75 Å². The third-order valence-corrected chi connectivity index (χ3v) is 6.19. The van der Waals surface area contributed by atoms with Gasteiger partial charge in [0.25, 0.3) is 5.91 Å². The third kappa shape index (κ3) is 4.34. The molecular weight excluding hydrogens is 430 g/mol. The first-order chi connectivity index (χ1) is 14.0. The molecule has 9 heteroatoms. The van der Waals surface area contributed by atoms with Crippen LogP contribution in [0.25, 0.3) is 10.6 Å². The zero-order chi connectivity index (χ0) is 20.4. The van der Waals surface area contributed by atoms with Gasteiger partial charge in [-0.2, -0.15) is 0 Å². The summed E-state index contributed by atoms with van der Waals surface area (Å²) >= 11 is 9.29. The Morgan fingerprint density at radius 1 is 1.28 bits per heavy atom. The molecule has 1 N–H and O–H groups in total. The van der Waals surface area contributed by atoms with Crippen molar-refractivity contribution in [3.8, 4) is 16.3 Å². The van der Waals surface area contributed by atoms with Crippen LogP contribution in [0.2, 0.25) is 5.02 Å². The van der Waals surface area contributed by atoms with Crippen molar-refractivity contribution in [3.05, 3.63) is 68.7 Å². The van der Waals surface area contributed by atoms with E-state index in [4.69, 9.17) is 20.9 Å². The van der Waals surface area contributed by atoms with Crippen molar-refractivity contribution in [2.45, 2.75) is 20.5 Å². The molecule has 0 aliphatic carbocycles. The van der Waals surface area contributed by atoms with Crippen LogP contribution in [0.4, 0.5) is 5.13 Å². The van der Waals surface area contributed by atoms with Crippen LogP contribution in [0.1, 0.15) is 27.4 Å². The van der Waals surface area contributed by atoms with Crippen LogP contribution in [0.3, 0.4) is 0 Å². The van der Waals surface area contributed by atoms with Crippen LogP contribution in [-0.2, 0) is 6.61 Å². The van der Waals surface area contributed by atoms with Gasteiger partial charge in [0.2, 0.25) is 0 Å². The van der Waals surface area contributed by atoms with Gasteiger partial charge in [-0.1, -0.05) is 22.8 Å². The lowest BCUT2D eigenvalue weighted by Gasteiger charge is -2.09. The summed E-state index contributed by atoms with van der Waals surface area (Å²) in [6.45, 7) is 3.97. The van der Waals surface area contributed by atoms with E-state index >= 15 is 0 Å². The molecule has 0 atom stereocenters. The van der Waals surface area contributed by atoms with E-state index < -0.39 is 0 Å². The molecule has 6 nitrogen and oxygen atoms in total. The number of aryl methyl sites for hydroxylation is 2. The van der Waals surface area contributed by atoms with Crippen molar-refractivity contribution in [3.63, 3.8) is 0 Å². The Bertz CT molecular complexity index is 1130. The topological polar surface area (TPSA) is 77.2 Å². The fourth-order valence-electron chi connectivity index (χ4n) is 2.65. The maximum Gasteiger partial charge on any atom is 0.257 e. The second-order valence-corrected chi connectivity index (χ2v) is 8.42. The van der Waals surface area contributed by atoms with Gasteiger partial charge in [-0.25, -0.2) is 4.98 Å². The molecule has 3 heterocycles. The number of carbonyl (C=O) groups is 1. The Labute approximate surface area is 180 Å². The molecule has 29 heavy (non-hydrogen) atoms. The molecular formula is C20H16ClN3O3S2. The fraction of sp³-hybridized carbons (Fsp3) is 0.150. The molecule has 0 radical (unpaired) electrons. The molecule has 3 aromatic heterocycles. The minimum absolute atomic E-state index is 0.281. The van der Waals surface area contributed by atoms with Crippen molar-refractivity contribution in [1.29, 1.82) is 0 Å². The van der Waals surface area contributed by atoms with Crippen molar-refractivity contribution in [1.82, 2.24) is 10.1 Å². The number of nitrogens with zero attached hydrogens (tertiary/aromatic N) is 2. The highest BCUT2D eigenvalue weighted by Gasteiger charge is 2.14. The number of ether oxygens (including phenoxy) is 1. The van der Waals surface area contributed by atoms with Crippen LogP contribution in [-0.4, -0.2) is 16.0 Å². The summed E-state index contributed by atoms with van der Waals surface area (Å²) < 4.78 is 10.9. The quantitative estimate of drug-likeness (QED) is 0.396. The fourth-order valence-corrected chi connectivity index (χ4v) is 4.36. The molecule has 0 aliphatic heterocycles. The second kappa shape index (κ2) is 8.36. The number of thiazole rings is 1. The number of hydrogen-bond donors (Lipinski definition) is 1. The molecule has 0 bridgehead atoms. The van der Waals surface area contributed by atoms with E-state index in [-0.39, 0.29) is 12.5 Å². The second-order valence-electron chi connectivity index (χ2n) is 6.21. The number of carbonyl (C=O) groups excluding carboxylic acids is 1. The first-order valence-electron chi connectivity index (χ1n) is 8.66. The zero-order valence-electron chi connectivity index (χ0n) is 15.6. The summed E-state index contributed by atoms with van der Waals surface area (Å²) in [6.07, 6.45) is 0. The molecule has 0 saturated carbocycles. The Morgan fingerprint density at radius 2 is 2.14 bits per heavy atom. The summed E-state index contributed by atoms with van der Waals surface area (Å²) in [6, 6.07) is 8.88. The van der Waals surface area contributed by atoms with Gasteiger partial charge >= 0.3 is 0 Å². The number of hydrogen-bond acceptors (Lipinski definition) is 7. The monoisotopic (exact) mass is 445 g/mol. The largest absolute Gasteiger partial charge is 0.487 e. The Morgan fingerprint density at radius 3 is 2.83 bits per heavy atom. The molecule has 1 amide bonds. The van der Waals surface area contributed by atoms with E-state index in [1.165, 1.54) is 11.3 Å². The van der Waals surface area contributed by atoms with Crippen LogP contribution in [0, 0.1) is 13.8 Å². The Kier molecular flexibility index (Phi) is 5.66. The number of anilines is 1. The van der Waals surface area contributed by atoms with Crippen LogP contribution >= 0.6 is 34.3 Å². The first-order valence-corrected chi connectivity index (χ1v) is 10.8. The molecule has 0 unspecified atom stereocenters. The van der Waals surface area contributed by atoms with Crippen LogP contribution < -0.4 is 10.1 Å². The van der Waals surface area contributed by atoms with E-state index in [0.717, 1.165) is 21.8 Å². The van der Waals surface area contributed by atoms with Crippen molar-refractivity contribution >= 4 is 45.3 Å². The highest BCUT2D eigenvalue weighted by Crippen LogP contribution is 2.30. The summed E-state index contributed by atoms with van der Waals surface area (Å²) in [7, 11) is 0. The van der Waals surface area contributed by atoms with Gasteiger partial charge in [0, 0.05) is 10.9 Å². The minimum Gasteiger partial charge on any atom is -0.487 e. The van der Waals surface area contributed by atoms with E-state index in [0.29, 0.717) is 27.2 Å². The van der Waals surface area contributed by atoms with Crippen molar-refractivity contribution in [2.75, 3.05) is 5.32 Å². The van der Waals surface area contributed by atoms with E-state index in [9.17, 15) is 4.79 Å². The Hall–Kier alpha value is -2.68. The van der Waals surface area contributed by atoms with Gasteiger partial charge in [-0.3, -0.25) is 10.1 Å². The van der Waals surface area contributed by atoms with Gasteiger partial charge in [-0.15, -0.1) is 22.7 Å². The van der Waals surface area contributed by atoms with Crippen molar-refractivity contribution in [2.24, 2.45) is 0 Å². The summed E-state index contributed by atoms with van der Waals surface area (Å²) in [5.74, 6) is 0.911. The lowest BCUT2D eigenvalue weighted by Crippen LogP contribution is -2.11. The number of nitrogens with one attached hydrogen (secondary N) is 1. The first kappa shape index (κ1) is 19.6.